The van der Waals surface area contributed by atoms with Crippen LogP contribution in [-0.4, -0.2) is 40.7 Å². The molecule has 4 N–H and O–H groups in total. The van der Waals surface area contributed by atoms with E-state index in [2.05, 4.69) is 5.32 Å². The molecule has 94 valence electrons. The Balaban J connectivity index is 1.83. The molecule has 0 bridgehead atoms. The highest BCUT2D eigenvalue weighted by atomic mass is 16.5. The van der Waals surface area contributed by atoms with Gasteiger partial charge >= 0.3 is 0 Å². The predicted octanol–water partition coefficient (Wildman–Crippen LogP) is 0.339. The lowest BCUT2D eigenvalue weighted by atomic mass is 10.0. The molecule has 0 amide bonds. The molecule has 0 radical (unpaired) electrons. The third-order valence-electron chi connectivity index (χ3n) is 2.91. The molecule has 5 heteroatoms. The van der Waals surface area contributed by atoms with Gasteiger partial charge in [0.15, 0.2) is 11.5 Å². The molecule has 17 heavy (non-hydrogen) atoms. The van der Waals surface area contributed by atoms with E-state index in [1.54, 1.807) is 6.07 Å². The average molecular weight is 239 g/mol. The maximum atomic E-state index is 9.99. The van der Waals surface area contributed by atoms with E-state index in [1.807, 2.05) is 0 Å². The van der Waals surface area contributed by atoms with Crippen LogP contribution < -0.4 is 5.32 Å². The molecule has 2 rings (SSSR count). The van der Waals surface area contributed by atoms with Gasteiger partial charge in [0.25, 0.3) is 0 Å². The van der Waals surface area contributed by atoms with Gasteiger partial charge in [-0.15, -0.1) is 0 Å². The number of nitrogens with one attached hydrogen (secondary N) is 1. The van der Waals surface area contributed by atoms with Crippen molar-refractivity contribution in [1.82, 2.24) is 5.32 Å². The molecule has 1 aliphatic heterocycles. The smallest absolute Gasteiger partial charge is 0.157 e. The molecule has 1 aliphatic rings. The molecular formula is C12H17NO4. The molecule has 1 saturated heterocycles. The van der Waals surface area contributed by atoms with Crippen LogP contribution in [-0.2, 0) is 11.3 Å². The van der Waals surface area contributed by atoms with Crippen LogP contribution in [0.5, 0.6) is 11.5 Å². The van der Waals surface area contributed by atoms with E-state index >= 15 is 0 Å². The number of rotatable bonds is 4. The zero-order valence-corrected chi connectivity index (χ0v) is 9.52. The Bertz CT molecular complexity index is 388. The van der Waals surface area contributed by atoms with Crippen molar-refractivity contribution >= 4 is 0 Å². The van der Waals surface area contributed by atoms with E-state index in [4.69, 9.17) is 9.84 Å². The highest BCUT2D eigenvalue weighted by Crippen LogP contribution is 2.24. The van der Waals surface area contributed by atoms with Crippen molar-refractivity contribution in [2.24, 2.45) is 0 Å². The third kappa shape index (κ3) is 3.09. The van der Waals surface area contributed by atoms with E-state index in [1.165, 1.54) is 12.1 Å². The largest absolute Gasteiger partial charge is 0.504 e. The summed E-state index contributed by atoms with van der Waals surface area (Å²) >= 11 is 0. The number of phenolic OH excluding ortho intramolecular Hbond substituents is 2. The molecule has 1 fully saturated rings. The molecular weight excluding hydrogens is 222 g/mol. The van der Waals surface area contributed by atoms with Crippen LogP contribution in [0, 0.1) is 0 Å². The Labute approximate surface area is 99.7 Å². The number of hydrogen-bond donors (Lipinski definition) is 4. The van der Waals surface area contributed by atoms with Gasteiger partial charge in [-0.2, -0.15) is 0 Å². The van der Waals surface area contributed by atoms with Gasteiger partial charge in [-0.05, 0) is 17.7 Å². The standard InChI is InChI=1S/C12H17NO4/c14-10-2-1-9(5-11(10)15)6-13-7-12(16)3-4-17-8-12/h1-2,5,13-16H,3-4,6-8H2. The lowest BCUT2D eigenvalue weighted by Crippen LogP contribution is -2.40. The van der Waals surface area contributed by atoms with E-state index in [-0.39, 0.29) is 11.5 Å². The second-order valence-corrected chi connectivity index (χ2v) is 4.45. The lowest BCUT2D eigenvalue weighted by Gasteiger charge is -2.20. The van der Waals surface area contributed by atoms with Crippen molar-refractivity contribution in [1.29, 1.82) is 0 Å². The van der Waals surface area contributed by atoms with Crippen molar-refractivity contribution < 1.29 is 20.1 Å². The van der Waals surface area contributed by atoms with Gasteiger partial charge in [0.1, 0.15) is 5.60 Å². The number of aromatic hydroxyl groups is 2. The fourth-order valence-corrected chi connectivity index (χ4v) is 1.85. The zero-order chi connectivity index (χ0) is 12.3. The molecule has 0 saturated carbocycles. The Kier molecular flexibility index (Phi) is 3.51. The number of phenols is 2. The Morgan fingerprint density at radius 3 is 2.76 bits per heavy atom. The van der Waals surface area contributed by atoms with Crippen LogP contribution >= 0.6 is 0 Å². The molecule has 1 heterocycles. The summed E-state index contributed by atoms with van der Waals surface area (Å²) in [6, 6.07) is 4.66. The monoisotopic (exact) mass is 239 g/mol. The summed E-state index contributed by atoms with van der Waals surface area (Å²) < 4.78 is 5.13. The highest BCUT2D eigenvalue weighted by molar-refractivity contribution is 5.40. The maximum absolute atomic E-state index is 9.99. The van der Waals surface area contributed by atoms with Crippen molar-refractivity contribution in [2.45, 2.75) is 18.6 Å². The van der Waals surface area contributed by atoms with Crippen LogP contribution in [0.4, 0.5) is 0 Å². The summed E-state index contributed by atoms with van der Waals surface area (Å²) in [6.07, 6.45) is 0.640. The normalized spacial score (nSPS) is 24.1. The predicted molar refractivity (Wildman–Crippen MR) is 61.9 cm³/mol. The minimum atomic E-state index is -0.779. The van der Waals surface area contributed by atoms with Crippen molar-refractivity contribution in [3.63, 3.8) is 0 Å². The summed E-state index contributed by atoms with van der Waals surface area (Å²) in [6.45, 7) is 1.93. The van der Waals surface area contributed by atoms with E-state index in [9.17, 15) is 10.2 Å². The minimum absolute atomic E-state index is 0.128. The van der Waals surface area contributed by atoms with E-state index in [0.717, 1.165) is 5.56 Å². The van der Waals surface area contributed by atoms with Crippen molar-refractivity contribution in [3.05, 3.63) is 23.8 Å². The summed E-state index contributed by atoms with van der Waals surface area (Å²) in [5.41, 5.74) is 0.0710. The quantitative estimate of drug-likeness (QED) is 0.570. The first-order chi connectivity index (χ1) is 8.09. The number of ether oxygens (including phenoxy) is 1. The third-order valence-corrected chi connectivity index (χ3v) is 2.91. The maximum Gasteiger partial charge on any atom is 0.157 e. The zero-order valence-electron chi connectivity index (χ0n) is 9.52. The molecule has 5 nitrogen and oxygen atoms in total. The van der Waals surface area contributed by atoms with Crippen LogP contribution in [0.2, 0.25) is 0 Å². The second-order valence-electron chi connectivity index (χ2n) is 4.45. The van der Waals surface area contributed by atoms with Crippen LogP contribution in [0.3, 0.4) is 0 Å². The summed E-state index contributed by atoms with van der Waals surface area (Å²) in [4.78, 5) is 0. The topological polar surface area (TPSA) is 82.0 Å². The number of aliphatic hydroxyl groups is 1. The minimum Gasteiger partial charge on any atom is -0.504 e. The molecule has 1 unspecified atom stereocenters. The van der Waals surface area contributed by atoms with Gasteiger partial charge in [0.2, 0.25) is 0 Å². The summed E-state index contributed by atoms with van der Waals surface area (Å²) in [7, 11) is 0. The number of benzene rings is 1. The van der Waals surface area contributed by atoms with Gasteiger partial charge in [-0.25, -0.2) is 0 Å². The van der Waals surface area contributed by atoms with Crippen LogP contribution in [0.25, 0.3) is 0 Å². The molecule has 0 spiro atoms. The average Bonchev–Trinajstić information content (AvgIpc) is 2.71. The molecule has 1 aromatic carbocycles. The van der Waals surface area contributed by atoms with Gasteiger partial charge in [0, 0.05) is 26.1 Å². The highest BCUT2D eigenvalue weighted by Gasteiger charge is 2.31. The first-order valence-electron chi connectivity index (χ1n) is 5.61. The Hall–Kier alpha value is -1.30. The molecule has 0 aromatic heterocycles. The molecule has 0 aliphatic carbocycles. The Morgan fingerprint density at radius 2 is 2.12 bits per heavy atom. The first-order valence-corrected chi connectivity index (χ1v) is 5.61. The summed E-state index contributed by atoms with van der Waals surface area (Å²) in [5, 5.41) is 31.6. The number of hydrogen-bond acceptors (Lipinski definition) is 5. The Morgan fingerprint density at radius 1 is 1.29 bits per heavy atom. The molecule has 1 atom stereocenters. The second kappa shape index (κ2) is 4.91. The SMILES string of the molecule is Oc1ccc(CNCC2(O)CCOC2)cc1O. The summed E-state index contributed by atoms with van der Waals surface area (Å²) in [5.74, 6) is -0.260. The van der Waals surface area contributed by atoms with E-state index < -0.39 is 5.60 Å². The van der Waals surface area contributed by atoms with Crippen LogP contribution in [0.1, 0.15) is 12.0 Å². The van der Waals surface area contributed by atoms with Gasteiger partial charge in [-0.1, -0.05) is 6.07 Å². The van der Waals surface area contributed by atoms with Gasteiger partial charge in [0.05, 0.1) is 6.61 Å². The lowest BCUT2D eigenvalue weighted by molar-refractivity contribution is 0.0268. The van der Waals surface area contributed by atoms with Crippen molar-refractivity contribution in [2.75, 3.05) is 19.8 Å². The molecule has 1 aromatic rings. The van der Waals surface area contributed by atoms with Gasteiger partial charge < -0.3 is 25.4 Å². The fourth-order valence-electron chi connectivity index (χ4n) is 1.85. The van der Waals surface area contributed by atoms with Crippen molar-refractivity contribution in [3.8, 4) is 11.5 Å². The fraction of sp³-hybridized carbons (Fsp3) is 0.500. The van der Waals surface area contributed by atoms with Crippen LogP contribution in [0.15, 0.2) is 18.2 Å². The van der Waals surface area contributed by atoms with E-state index in [0.29, 0.717) is 32.7 Å². The van der Waals surface area contributed by atoms with Gasteiger partial charge in [-0.3, -0.25) is 0 Å². The first kappa shape index (κ1) is 12.2.